The van der Waals surface area contributed by atoms with E-state index in [1.807, 2.05) is 37.3 Å². The Hall–Kier alpha value is -2.03. The number of rotatable bonds is 6. The molecule has 0 bridgehead atoms. The van der Waals surface area contributed by atoms with Crippen molar-refractivity contribution in [2.45, 2.75) is 42.0 Å². The highest BCUT2D eigenvalue weighted by atomic mass is 32.2. The van der Waals surface area contributed by atoms with Gasteiger partial charge in [0.2, 0.25) is 0 Å². The maximum Gasteiger partial charge on any atom is 0.252 e. The molecule has 0 atom stereocenters. The van der Waals surface area contributed by atoms with Gasteiger partial charge in [-0.05, 0) is 56.7 Å². The maximum atomic E-state index is 13.0. The van der Waals surface area contributed by atoms with Gasteiger partial charge in [-0.3, -0.25) is 4.79 Å². The molecule has 1 aromatic carbocycles. The molecule has 1 amide bonds. The molecule has 3 heterocycles. The second kappa shape index (κ2) is 9.65. The van der Waals surface area contributed by atoms with Gasteiger partial charge in [-0.1, -0.05) is 42.4 Å². The fourth-order valence-electron chi connectivity index (χ4n) is 3.58. The normalized spacial score (nSPS) is 15.3. The van der Waals surface area contributed by atoms with E-state index in [9.17, 15) is 4.79 Å². The molecule has 0 radical (unpaired) electrons. The minimum absolute atomic E-state index is 0.0475. The first-order chi connectivity index (χ1) is 14.2. The second-order valence-electron chi connectivity index (χ2n) is 7.23. The van der Waals surface area contributed by atoms with E-state index < -0.39 is 0 Å². The van der Waals surface area contributed by atoms with Gasteiger partial charge in [0.1, 0.15) is 10.0 Å². The number of carbonyl (C=O) groups excluding carboxylic acids is 1. The van der Waals surface area contributed by atoms with Crippen LogP contribution in [0.3, 0.4) is 0 Å². The average Bonchev–Trinajstić information content (AvgIpc) is 2.97. The van der Waals surface area contributed by atoms with Gasteiger partial charge in [0.25, 0.3) is 5.91 Å². The number of hydrogen-bond acceptors (Lipinski definition) is 7. The molecule has 0 saturated carbocycles. The third-order valence-corrected chi connectivity index (χ3v) is 6.86. The van der Waals surface area contributed by atoms with Crippen LogP contribution in [0.15, 0.2) is 39.7 Å². The van der Waals surface area contributed by atoms with Crippen LogP contribution >= 0.6 is 23.1 Å². The maximum absolute atomic E-state index is 13.0. The summed E-state index contributed by atoms with van der Waals surface area (Å²) < 4.78 is 0.831. The van der Waals surface area contributed by atoms with Crippen molar-refractivity contribution in [2.24, 2.45) is 0 Å². The molecule has 0 aliphatic carbocycles. The monoisotopic (exact) mass is 427 g/mol. The van der Waals surface area contributed by atoms with Crippen molar-refractivity contribution in [2.75, 3.05) is 26.2 Å². The van der Waals surface area contributed by atoms with Crippen LogP contribution in [0, 0.1) is 6.92 Å². The minimum Gasteiger partial charge on any atom is -0.351 e. The zero-order valence-electron chi connectivity index (χ0n) is 16.6. The van der Waals surface area contributed by atoms with E-state index in [2.05, 4.69) is 20.4 Å². The highest BCUT2D eigenvalue weighted by Crippen LogP contribution is 2.31. The zero-order chi connectivity index (χ0) is 20.1. The number of nitrogens with zero attached hydrogens (tertiary/aromatic N) is 4. The lowest BCUT2D eigenvalue weighted by Gasteiger charge is -2.19. The Labute approximate surface area is 179 Å². The number of benzene rings is 1. The van der Waals surface area contributed by atoms with E-state index in [0.29, 0.717) is 12.1 Å². The standard InChI is InChI=1S/C21H25N5OS2/c1-15-24-25-21(28-15)29-19-14-17(16-8-4-5-9-18(16)23-19)20(27)22-10-13-26-11-6-2-3-7-12-26/h4-5,8-9,14H,2-3,6-7,10-13H2,1H3,(H,22,27). The Kier molecular flexibility index (Phi) is 6.74. The lowest BCUT2D eigenvalue weighted by Crippen LogP contribution is -2.35. The van der Waals surface area contributed by atoms with Crippen LogP contribution in [0.1, 0.15) is 41.0 Å². The van der Waals surface area contributed by atoms with Crippen LogP contribution in [-0.4, -0.2) is 52.2 Å². The number of nitrogens with one attached hydrogen (secondary N) is 1. The second-order valence-corrected chi connectivity index (χ2v) is 9.68. The summed E-state index contributed by atoms with van der Waals surface area (Å²) in [5.74, 6) is -0.0475. The van der Waals surface area contributed by atoms with Gasteiger partial charge < -0.3 is 10.2 Å². The highest BCUT2D eigenvalue weighted by molar-refractivity contribution is 8.01. The summed E-state index contributed by atoms with van der Waals surface area (Å²) in [5, 5.41) is 13.9. The molecule has 29 heavy (non-hydrogen) atoms. The van der Waals surface area contributed by atoms with E-state index in [4.69, 9.17) is 4.98 Å². The predicted molar refractivity (Wildman–Crippen MR) is 118 cm³/mol. The zero-order valence-corrected chi connectivity index (χ0v) is 18.2. The Morgan fingerprint density at radius 1 is 1.17 bits per heavy atom. The molecule has 1 N–H and O–H groups in total. The van der Waals surface area contributed by atoms with Gasteiger partial charge >= 0.3 is 0 Å². The third-order valence-electron chi connectivity index (χ3n) is 5.05. The van der Waals surface area contributed by atoms with Crippen molar-refractivity contribution in [3.8, 4) is 0 Å². The fourth-order valence-corrected chi connectivity index (χ4v) is 5.36. The number of aryl methyl sites for hydroxylation is 1. The third kappa shape index (κ3) is 5.32. The molecule has 3 aromatic rings. The van der Waals surface area contributed by atoms with E-state index in [1.54, 1.807) is 0 Å². The van der Waals surface area contributed by atoms with Crippen molar-refractivity contribution >= 4 is 39.9 Å². The molecule has 2 aromatic heterocycles. The molecule has 8 heteroatoms. The van der Waals surface area contributed by atoms with Crippen molar-refractivity contribution in [1.29, 1.82) is 0 Å². The number of likely N-dealkylation sites (tertiary alicyclic amines) is 1. The van der Waals surface area contributed by atoms with Crippen molar-refractivity contribution in [3.05, 3.63) is 40.9 Å². The fraction of sp³-hybridized carbons (Fsp3) is 0.429. The molecular formula is C21H25N5OS2. The Morgan fingerprint density at radius 2 is 1.97 bits per heavy atom. The molecule has 1 fully saturated rings. The van der Waals surface area contributed by atoms with Crippen LogP contribution in [0.5, 0.6) is 0 Å². The number of amides is 1. The molecule has 1 aliphatic heterocycles. The van der Waals surface area contributed by atoms with Gasteiger partial charge in [-0.25, -0.2) is 4.98 Å². The van der Waals surface area contributed by atoms with Gasteiger partial charge in [-0.15, -0.1) is 10.2 Å². The molecule has 0 spiro atoms. The number of para-hydroxylation sites is 1. The predicted octanol–water partition coefficient (Wildman–Crippen LogP) is 4.15. The Balaban J connectivity index is 1.49. The lowest BCUT2D eigenvalue weighted by molar-refractivity contribution is 0.0950. The lowest BCUT2D eigenvalue weighted by atomic mass is 10.1. The van der Waals surface area contributed by atoms with Crippen LogP contribution < -0.4 is 5.32 Å². The number of aromatic nitrogens is 3. The van der Waals surface area contributed by atoms with Crippen molar-refractivity contribution < 1.29 is 4.79 Å². The van der Waals surface area contributed by atoms with Crippen LogP contribution in [0.25, 0.3) is 10.9 Å². The summed E-state index contributed by atoms with van der Waals surface area (Å²) in [6, 6.07) is 9.65. The van der Waals surface area contributed by atoms with Gasteiger partial charge in [-0.2, -0.15) is 0 Å². The first kappa shape index (κ1) is 20.3. The molecule has 1 saturated heterocycles. The first-order valence-corrected chi connectivity index (χ1v) is 11.7. The molecular weight excluding hydrogens is 402 g/mol. The number of pyridine rings is 1. The molecule has 1 aliphatic rings. The highest BCUT2D eigenvalue weighted by Gasteiger charge is 2.15. The molecule has 152 valence electrons. The average molecular weight is 428 g/mol. The summed E-state index contributed by atoms with van der Waals surface area (Å²) in [6.45, 7) is 5.76. The molecule has 6 nitrogen and oxygen atoms in total. The summed E-state index contributed by atoms with van der Waals surface area (Å²) in [6.07, 6.45) is 5.16. The summed E-state index contributed by atoms with van der Waals surface area (Å²) in [5.41, 5.74) is 1.48. The van der Waals surface area contributed by atoms with Crippen molar-refractivity contribution in [1.82, 2.24) is 25.4 Å². The number of fused-ring (bicyclic) bond motifs is 1. The van der Waals surface area contributed by atoms with Crippen LogP contribution in [0.4, 0.5) is 0 Å². The Bertz CT molecular complexity index is 982. The number of hydrogen-bond donors (Lipinski definition) is 1. The van der Waals surface area contributed by atoms with Gasteiger partial charge in [0.05, 0.1) is 11.1 Å². The number of carbonyl (C=O) groups is 1. The quantitative estimate of drug-likeness (QED) is 0.637. The Morgan fingerprint density at radius 3 is 2.72 bits per heavy atom. The first-order valence-electron chi connectivity index (χ1n) is 10.1. The van der Waals surface area contributed by atoms with Crippen LogP contribution in [0.2, 0.25) is 0 Å². The van der Waals surface area contributed by atoms with Crippen molar-refractivity contribution in [3.63, 3.8) is 0 Å². The summed E-state index contributed by atoms with van der Waals surface area (Å²) in [7, 11) is 0. The van der Waals surface area contributed by atoms with E-state index in [-0.39, 0.29) is 5.91 Å². The SMILES string of the molecule is Cc1nnc(Sc2cc(C(=O)NCCN3CCCCCC3)c3ccccc3n2)s1. The van der Waals surface area contributed by atoms with Gasteiger partial charge in [0, 0.05) is 18.5 Å². The van der Waals surface area contributed by atoms with E-state index in [0.717, 1.165) is 44.9 Å². The summed E-state index contributed by atoms with van der Waals surface area (Å²) >= 11 is 2.98. The van der Waals surface area contributed by atoms with E-state index >= 15 is 0 Å². The smallest absolute Gasteiger partial charge is 0.252 e. The van der Waals surface area contributed by atoms with Crippen LogP contribution in [-0.2, 0) is 0 Å². The molecule has 0 unspecified atom stereocenters. The topological polar surface area (TPSA) is 71.0 Å². The van der Waals surface area contributed by atoms with Gasteiger partial charge in [0.15, 0.2) is 4.34 Å². The molecule has 4 rings (SSSR count). The van der Waals surface area contributed by atoms with E-state index in [1.165, 1.54) is 48.8 Å². The minimum atomic E-state index is -0.0475. The summed E-state index contributed by atoms with van der Waals surface area (Å²) in [4.78, 5) is 20.1. The largest absolute Gasteiger partial charge is 0.351 e.